The van der Waals surface area contributed by atoms with Crippen molar-refractivity contribution in [1.82, 2.24) is 10.3 Å². The zero-order chi connectivity index (χ0) is 12.1. The van der Waals surface area contributed by atoms with Gasteiger partial charge in [0.05, 0.1) is 17.4 Å². The summed E-state index contributed by atoms with van der Waals surface area (Å²) in [5, 5.41) is 30.8. The summed E-state index contributed by atoms with van der Waals surface area (Å²) in [6.45, 7) is 0.150. The van der Waals surface area contributed by atoms with Crippen LogP contribution in [0.2, 0.25) is 0 Å². The zero-order valence-corrected chi connectivity index (χ0v) is 8.79. The van der Waals surface area contributed by atoms with Crippen molar-refractivity contribution in [2.24, 2.45) is 0 Å². The van der Waals surface area contributed by atoms with Crippen LogP contribution in [-0.2, 0) is 0 Å². The van der Waals surface area contributed by atoms with Crippen LogP contribution in [-0.4, -0.2) is 46.0 Å². The highest BCUT2D eigenvalue weighted by molar-refractivity contribution is 5.88. The number of aromatic nitrogens is 1. The van der Waals surface area contributed by atoms with Crippen LogP contribution in [0.4, 0.5) is 0 Å². The molecule has 1 aromatic heterocycles. The van der Waals surface area contributed by atoms with Crippen molar-refractivity contribution >= 4 is 5.97 Å². The maximum absolute atomic E-state index is 10.9. The van der Waals surface area contributed by atoms with Gasteiger partial charge >= 0.3 is 5.97 Å². The third kappa shape index (κ3) is 2.75. The lowest BCUT2D eigenvalue weighted by Crippen LogP contribution is -2.31. The molecule has 6 nitrogen and oxygen atoms in total. The van der Waals surface area contributed by atoms with Crippen LogP contribution >= 0.6 is 0 Å². The molecule has 4 N–H and O–H groups in total. The predicted molar refractivity (Wildman–Crippen MR) is 56.1 cm³/mol. The van der Waals surface area contributed by atoms with Crippen molar-refractivity contribution in [2.75, 3.05) is 13.6 Å². The number of pyridine rings is 1. The van der Waals surface area contributed by atoms with Crippen molar-refractivity contribution in [3.05, 3.63) is 29.6 Å². The molecular weight excluding hydrogens is 212 g/mol. The molecule has 1 heterocycles. The Hall–Kier alpha value is -1.50. The fourth-order valence-corrected chi connectivity index (χ4v) is 1.34. The topological polar surface area (TPSA) is 103 Å². The second kappa shape index (κ2) is 5.55. The van der Waals surface area contributed by atoms with Crippen LogP contribution in [0.1, 0.15) is 22.2 Å². The summed E-state index contributed by atoms with van der Waals surface area (Å²) < 4.78 is 0. The number of hydrogen-bond acceptors (Lipinski definition) is 5. The second-order valence-corrected chi connectivity index (χ2v) is 3.31. The number of carboxylic acid groups (broad SMARTS) is 1. The summed E-state index contributed by atoms with van der Waals surface area (Å²) >= 11 is 0. The average molecular weight is 226 g/mol. The molecule has 0 fully saturated rings. The van der Waals surface area contributed by atoms with Gasteiger partial charge in [-0.05, 0) is 19.2 Å². The molecular formula is C10H14N2O4. The maximum Gasteiger partial charge on any atom is 0.337 e. The van der Waals surface area contributed by atoms with Crippen molar-refractivity contribution in [3.8, 4) is 0 Å². The minimum Gasteiger partial charge on any atom is -0.478 e. The third-order valence-corrected chi connectivity index (χ3v) is 2.13. The van der Waals surface area contributed by atoms with E-state index < -0.39 is 18.2 Å². The Labute approximate surface area is 92.6 Å². The standard InChI is InChI=1S/C10H14N2O4/c1-11-5-7(13)9(14)8-6(10(15)16)3-2-4-12-8/h2-4,7,9,11,13-14H,5H2,1H3,(H,15,16). The highest BCUT2D eigenvalue weighted by Crippen LogP contribution is 2.18. The summed E-state index contributed by atoms with van der Waals surface area (Å²) in [4.78, 5) is 14.6. The number of rotatable bonds is 5. The van der Waals surface area contributed by atoms with Crippen molar-refractivity contribution in [3.63, 3.8) is 0 Å². The van der Waals surface area contributed by atoms with Crippen LogP contribution in [0.15, 0.2) is 18.3 Å². The van der Waals surface area contributed by atoms with E-state index in [9.17, 15) is 15.0 Å². The number of nitrogens with zero attached hydrogens (tertiary/aromatic N) is 1. The van der Waals surface area contributed by atoms with E-state index in [0.29, 0.717) is 0 Å². The van der Waals surface area contributed by atoms with Crippen LogP contribution in [0, 0.1) is 0 Å². The fraction of sp³-hybridized carbons (Fsp3) is 0.400. The molecule has 88 valence electrons. The quantitative estimate of drug-likeness (QED) is 0.534. The maximum atomic E-state index is 10.9. The van der Waals surface area contributed by atoms with E-state index in [1.807, 2.05) is 0 Å². The lowest BCUT2D eigenvalue weighted by molar-refractivity contribution is 0.0166. The summed E-state index contributed by atoms with van der Waals surface area (Å²) in [5.74, 6) is -1.18. The molecule has 0 radical (unpaired) electrons. The van der Waals surface area contributed by atoms with Crippen LogP contribution in [0.25, 0.3) is 0 Å². The molecule has 2 atom stereocenters. The molecule has 0 amide bonds. The molecule has 1 aromatic rings. The molecule has 2 unspecified atom stereocenters. The Kier molecular flexibility index (Phi) is 4.36. The zero-order valence-electron chi connectivity index (χ0n) is 8.79. The molecule has 0 aliphatic carbocycles. The van der Waals surface area contributed by atoms with Gasteiger partial charge in [0.1, 0.15) is 6.10 Å². The average Bonchev–Trinajstić information content (AvgIpc) is 2.28. The minimum absolute atomic E-state index is 0.0299. The molecule has 0 spiro atoms. The molecule has 6 heteroatoms. The van der Waals surface area contributed by atoms with Gasteiger partial charge in [0.2, 0.25) is 0 Å². The van der Waals surface area contributed by atoms with E-state index in [2.05, 4.69) is 10.3 Å². The van der Waals surface area contributed by atoms with E-state index in [4.69, 9.17) is 5.11 Å². The molecule has 0 aliphatic rings. The molecule has 0 saturated carbocycles. The second-order valence-electron chi connectivity index (χ2n) is 3.31. The Bertz CT molecular complexity index is 370. The Morgan fingerprint density at radius 2 is 2.25 bits per heavy atom. The number of hydrogen-bond donors (Lipinski definition) is 4. The number of likely N-dealkylation sites (N-methyl/N-ethyl adjacent to an activating group) is 1. The van der Waals surface area contributed by atoms with Crippen LogP contribution < -0.4 is 5.32 Å². The molecule has 0 aliphatic heterocycles. The highest BCUT2D eigenvalue weighted by Gasteiger charge is 2.24. The normalized spacial score (nSPS) is 14.4. The van der Waals surface area contributed by atoms with Crippen LogP contribution in [0.5, 0.6) is 0 Å². The molecule has 0 saturated heterocycles. The van der Waals surface area contributed by atoms with Gasteiger partial charge < -0.3 is 20.6 Å². The van der Waals surface area contributed by atoms with Gasteiger partial charge in [-0.15, -0.1) is 0 Å². The number of aromatic carboxylic acids is 1. The van der Waals surface area contributed by atoms with E-state index in [1.165, 1.54) is 18.3 Å². The first-order valence-corrected chi connectivity index (χ1v) is 4.77. The summed E-state index contributed by atoms with van der Waals surface area (Å²) in [7, 11) is 1.62. The number of aliphatic hydroxyl groups is 2. The first-order chi connectivity index (χ1) is 7.57. The summed E-state index contributed by atoms with van der Waals surface area (Å²) in [5.41, 5.74) is -0.136. The fourth-order valence-electron chi connectivity index (χ4n) is 1.34. The predicted octanol–water partition coefficient (Wildman–Crippen LogP) is -0.607. The van der Waals surface area contributed by atoms with Gasteiger partial charge in [-0.1, -0.05) is 0 Å². The van der Waals surface area contributed by atoms with Crippen molar-refractivity contribution < 1.29 is 20.1 Å². The Morgan fingerprint density at radius 3 is 2.81 bits per heavy atom. The van der Waals surface area contributed by atoms with E-state index in [1.54, 1.807) is 7.05 Å². The highest BCUT2D eigenvalue weighted by atomic mass is 16.4. The van der Waals surface area contributed by atoms with Gasteiger partial charge in [-0.2, -0.15) is 0 Å². The van der Waals surface area contributed by atoms with Gasteiger partial charge in [-0.25, -0.2) is 4.79 Å². The lowest BCUT2D eigenvalue weighted by atomic mass is 10.0. The molecule has 0 aromatic carbocycles. The smallest absolute Gasteiger partial charge is 0.337 e. The van der Waals surface area contributed by atoms with Gasteiger partial charge in [0.15, 0.2) is 0 Å². The van der Waals surface area contributed by atoms with Gasteiger partial charge in [-0.3, -0.25) is 4.98 Å². The third-order valence-electron chi connectivity index (χ3n) is 2.13. The van der Waals surface area contributed by atoms with E-state index in [0.717, 1.165) is 0 Å². The molecule has 0 bridgehead atoms. The number of carbonyl (C=O) groups is 1. The van der Waals surface area contributed by atoms with Crippen molar-refractivity contribution in [1.29, 1.82) is 0 Å². The lowest BCUT2D eigenvalue weighted by Gasteiger charge is -2.18. The summed E-state index contributed by atoms with van der Waals surface area (Å²) in [6.07, 6.45) is -1.05. The Morgan fingerprint density at radius 1 is 1.56 bits per heavy atom. The van der Waals surface area contributed by atoms with Crippen molar-refractivity contribution in [2.45, 2.75) is 12.2 Å². The molecule has 1 rings (SSSR count). The van der Waals surface area contributed by atoms with Gasteiger partial charge in [0, 0.05) is 12.7 Å². The summed E-state index contributed by atoms with van der Waals surface area (Å²) in [6, 6.07) is 2.80. The van der Waals surface area contributed by atoms with Crippen LogP contribution in [0.3, 0.4) is 0 Å². The first-order valence-electron chi connectivity index (χ1n) is 4.77. The number of aliphatic hydroxyl groups excluding tert-OH is 2. The largest absolute Gasteiger partial charge is 0.478 e. The Balaban J connectivity index is 2.98. The minimum atomic E-state index is -1.32. The monoisotopic (exact) mass is 226 g/mol. The van der Waals surface area contributed by atoms with Gasteiger partial charge in [0.25, 0.3) is 0 Å². The number of carboxylic acids is 1. The van der Waals surface area contributed by atoms with E-state index >= 15 is 0 Å². The number of nitrogens with one attached hydrogen (secondary N) is 1. The SMILES string of the molecule is CNCC(O)C(O)c1ncccc1C(=O)O. The molecule has 16 heavy (non-hydrogen) atoms. The first kappa shape index (κ1) is 12.6. The van der Waals surface area contributed by atoms with E-state index in [-0.39, 0.29) is 17.8 Å².